The fourth-order valence-corrected chi connectivity index (χ4v) is 0.934. The Bertz CT molecular complexity index is 250. The molecule has 0 aromatic carbocycles. The van der Waals surface area contributed by atoms with E-state index in [1.54, 1.807) is 12.4 Å². The number of hydrogen-bond donors (Lipinski definition) is 2. The molecule has 1 rings (SSSR count). The van der Waals surface area contributed by atoms with Gasteiger partial charge in [-0.2, -0.15) is 0 Å². The summed E-state index contributed by atoms with van der Waals surface area (Å²) in [6.45, 7) is 1.19. The first-order valence-corrected chi connectivity index (χ1v) is 4.13. The molecule has 1 aromatic rings. The third kappa shape index (κ3) is 3.78. The van der Waals surface area contributed by atoms with Gasteiger partial charge < -0.3 is 15.8 Å². The van der Waals surface area contributed by atoms with Gasteiger partial charge in [0.25, 0.3) is 0 Å². The molecular formula is C9H13N3O. The van der Waals surface area contributed by atoms with Crippen LogP contribution in [0.5, 0.6) is 0 Å². The molecule has 1 atom stereocenters. The third-order valence-corrected chi connectivity index (χ3v) is 1.61. The van der Waals surface area contributed by atoms with Crippen LogP contribution < -0.4 is 11.1 Å². The second kappa shape index (κ2) is 5.40. The summed E-state index contributed by atoms with van der Waals surface area (Å²) in [5.74, 6) is 0. The lowest BCUT2D eigenvalue weighted by molar-refractivity contribution is -0.108. The molecular weight excluding hydrogens is 166 g/mol. The van der Waals surface area contributed by atoms with Gasteiger partial charge in [0.05, 0.1) is 6.04 Å². The minimum Gasteiger partial charge on any atom is -0.321 e. The van der Waals surface area contributed by atoms with E-state index in [9.17, 15) is 4.79 Å². The van der Waals surface area contributed by atoms with Crippen molar-refractivity contribution in [3.05, 3.63) is 30.1 Å². The number of nitrogens with one attached hydrogen (secondary N) is 1. The highest BCUT2D eigenvalue weighted by Crippen LogP contribution is 1.93. The molecule has 0 amide bonds. The average molecular weight is 179 g/mol. The number of pyridine rings is 1. The Hall–Kier alpha value is -1.26. The number of aromatic nitrogens is 1. The lowest BCUT2D eigenvalue weighted by atomic mass is 10.3. The van der Waals surface area contributed by atoms with Gasteiger partial charge >= 0.3 is 0 Å². The molecule has 0 saturated heterocycles. The van der Waals surface area contributed by atoms with E-state index in [0.29, 0.717) is 13.1 Å². The fourth-order valence-electron chi connectivity index (χ4n) is 0.934. The Morgan fingerprint density at radius 3 is 3.15 bits per heavy atom. The van der Waals surface area contributed by atoms with Crippen molar-refractivity contribution in [1.82, 2.24) is 10.3 Å². The number of aldehydes is 1. The second-order valence-electron chi connectivity index (χ2n) is 2.79. The van der Waals surface area contributed by atoms with Gasteiger partial charge in [0.15, 0.2) is 0 Å². The molecule has 1 unspecified atom stereocenters. The molecule has 0 bridgehead atoms. The van der Waals surface area contributed by atoms with E-state index in [0.717, 1.165) is 11.8 Å². The van der Waals surface area contributed by atoms with Crippen molar-refractivity contribution >= 4 is 6.29 Å². The summed E-state index contributed by atoms with van der Waals surface area (Å²) in [6, 6.07) is 3.42. The number of rotatable bonds is 5. The summed E-state index contributed by atoms with van der Waals surface area (Å²) in [5.41, 5.74) is 6.47. The zero-order valence-electron chi connectivity index (χ0n) is 7.31. The first-order chi connectivity index (χ1) is 6.33. The first kappa shape index (κ1) is 9.83. The van der Waals surface area contributed by atoms with Crippen molar-refractivity contribution in [2.24, 2.45) is 5.73 Å². The molecule has 4 heteroatoms. The molecule has 3 N–H and O–H groups in total. The predicted molar refractivity (Wildman–Crippen MR) is 50.0 cm³/mol. The highest BCUT2D eigenvalue weighted by atomic mass is 16.1. The van der Waals surface area contributed by atoms with Crippen molar-refractivity contribution < 1.29 is 4.79 Å². The molecule has 0 radical (unpaired) electrons. The molecule has 70 valence electrons. The lowest BCUT2D eigenvalue weighted by Crippen LogP contribution is -2.34. The van der Waals surface area contributed by atoms with Crippen LogP contribution in [0.2, 0.25) is 0 Å². The summed E-state index contributed by atoms with van der Waals surface area (Å²) < 4.78 is 0. The number of carbonyl (C=O) groups excluding carboxylic acids is 1. The van der Waals surface area contributed by atoms with Crippen LogP contribution in [0.3, 0.4) is 0 Å². The fraction of sp³-hybridized carbons (Fsp3) is 0.333. The quantitative estimate of drug-likeness (QED) is 0.609. The molecule has 1 aromatic heterocycles. The van der Waals surface area contributed by atoms with Crippen LogP contribution in [0.15, 0.2) is 24.5 Å². The van der Waals surface area contributed by atoms with Crippen LogP contribution in [0.1, 0.15) is 5.56 Å². The minimum atomic E-state index is -0.420. The van der Waals surface area contributed by atoms with Crippen LogP contribution in [0, 0.1) is 0 Å². The van der Waals surface area contributed by atoms with Crippen LogP contribution in [-0.4, -0.2) is 23.9 Å². The maximum Gasteiger partial charge on any atom is 0.137 e. The SMILES string of the molecule is NC(C=O)CNCc1cccnc1. The Labute approximate surface area is 77.2 Å². The normalized spacial score (nSPS) is 12.4. The zero-order valence-corrected chi connectivity index (χ0v) is 7.31. The summed E-state index contributed by atoms with van der Waals surface area (Å²) in [4.78, 5) is 14.1. The van der Waals surface area contributed by atoms with Gasteiger partial charge in [-0.15, -0.1) is 0 Å². The molecule has 1 heterocycles. The van der Waals surface area contributed by atoms with Crippen molar-refractivity contribution in [1.29, 1.82) is 0 Å². The van der Waals surface area contributed by atoms with Crippen molar-refractivity contribution in [3.63, 3.8) is 0 Å². The smallest absolute Gasteiger partial charge is 0.137 e. The number of hydrogen-bond acceptors (Lipinski definition) is 4. The average Bonchev–Trinajstić information content (AvgIpc) is 2.19. The largest absolute Gasteiger partial charge is 0.321 e. The van der Waals surface area contributed by atoms with Crippen LogP contribution >= 0.6 is 0 Å². The Kier molecular flexibility index (Phi) is 4.08. The molecule has 0 aliphatic rings. The highest BCUT2D eigenvalue weighted by Gasteiger charge is 1.98. The van der Waals surface area contributed by atoms with E-state index in [1.165, 1.54) is 0 Å². The number of nitrogens with zero attached hydrogens (tertiary/aromatic N) is 1. The molecule has 0 saturated carbocycles. The zero-order chi connectivity index (χ0) is 9.52. The molecule has 4 nitrogen and oxygen atoms in total. The standard InChI is InChI=1S/C9H13N3O/c10-9(7-13)6-12-5-8-2-1-3-11-4-8/h1-4,7,9,12H,5-6,10H2. The van der Waals surface area contributed by atoms with Gasteiger partial charge in [-0.25, -0.2) is 0 Å². The summed E-state index contributed by atoms with van der Waals surface area (Å²) in [6.07, 6.45) is 4.23. The Balaban J connectivity index is 2.24. The Morgan fingerprint density at radius 1 is 1.69 bits per heavy atom. The second-order valence-corrected chi connectivity index (χ2v) is 2.79. The van der Waals surface area contributed by atoms with E-state index < -0.39 is 6.04 Å². The van der Waals surface area contributed by atoms with E-state index >= 15 is 0 Å². The van der Waals surface area contributed by atoms with Crippen LogP contribution in [-0.2, 0) is 11.3 Å². The summed E-state index contributed by atoms with van der Waals surface area (Å²) in [5, 5.41) is 3.06. The Morgan fingerprint density at radius 2 is 2.54 bits per heavy atom. The van der Waals surface area contributed by atoms with Gasteiger partial charge in [0.2, 0.25) is 0 Å². The van der Waals surface area contributed by atoms with E-state index in [-0.39, 0.29) is 0 Å². The van der Waals surface area contributed by atoms with E-state index in [2.05, 4.69) is 10.3 Å². The number of carbonyl (C=O) groups is 1. The van der Waals surface area contributed by atoms with Gasteiger partial charge in [-0.05, 0) is 11.6 Å². The molecule has 0 aliphatic carbocycles. The van der Waals surface area contributed by atoms with Gasteiger partial charge in [-0.1, -0.05) is 6.07 Å². The van der Waals surface area contributed by atoms with Crippen molar-refractivity contribution in [2.75, 3.05) is 6.54 Å². The van der Waals surface area contributed by atoms with Crippen LogP contribution in [0.25, 0.3) is 0 Å². The molecule has 0 spiro atoms. The maximum absolute atomic E-state index is 10.2. The number of nitrogens with two attached hydrogens (primary N) is 1. The van der Waals surface area contributed by atoms with E-state index in [4.69, 9.17) is 5.73 Å². The molecule has 0 fully saturated rings. The topological polar surface area (TPSA) is 68.0 Å². The van der Waals surface area contributed by atoms with Gasteiger partial charge in [0, 0.05) is 25.5 Å². The summed E-state index contributed by atoms with van der Waals surface area (Å²) in [7, 11) is 0. The first-order valence-electron chi connectivity index (χ1n) is 4.13. The predicted octanol–water partition coefficient (Wildman–Crippen LogP) is -0.303. The highest BCUT2D eigenvalue weighted by molar-refractivity contribution is 5.57. The third-order valence-electron chi connectivity index (χ3n) is 1.61. The minimum absolute atomic E-state index is 0.420. The van der Waals surface area contributed by atoms with Crippen molar-refractivity contribution in [3.8, 4) is 0 Å². The van der Waals surface area contributed by atoms with Crippen LogP contribution in [0.4, 0.5) is 0 Å². The van der Waals surface area contributed by atoms with Gasteiger partial charge in [0.1, 0.15) is 6.29 Å². The van der Waals surface area contributed by atoms with Gasteiger partial charge in [-0.3, -0.25) is 4.98 Å². The molecule has 13 heavy (non-hydrogen) atoms. The lowest BCUT2D eigenvalue weighted by Gasteiger charge is -2.05. The molecule has 0 aliphatic heterocycles. The van der Waals surface area contributed by atoms with E-state index in [1.807, 2.05) is 12.1 Å². The van der Waals surface area contributed by atoms with Crippen molar-refractivity contribution in [2.45, 2.75) is 12.6 Å². The monoisotopic (exact) mass is 179 g/mol. The summed E-state index contributed by atoms with van der Waals surface area (Å²) >= 11 is 0. The maximum atomic E-state index is 10.2.